The number of pyridine rings is 2. The van der Waals surface area contributed by atoms with Gasteiger partial charge in [-0.2, -0.15) is 15.3 Å². The molecule has 0 atom stereocenters. The Morgan fingerprint density at radius 1 is 0.765 bits per heavy atom. The van der Waals surface area contributed by atoms with Gasteiger partial charge in [0.2, 0.25) is 0 Å². The minimum absolute atomic E-state index is 0.288. The van der Waals surface area contributed by atoms with Crippen molar-refractivity contribution in [2.75, 3.05) is 0 Å². The van der Waals surface area contributed by atoms with Crippen LogP contribution < -0.4 is 0 Å². The molecule has 0 aromatic carbocycles. The molecular weight excluding hydrogens is 426 g/mol. The molecule has 6 aromatic heterocycles. The minimum atomic E-state index is 0.288. The van der Waals surface area contributed by atoms with Crippen molar-refractivity contribution >= 4 is 16.7 Å². The third-order valence-corrected chi connectivity index (χ3v) is 6.22. The molecule has 0 aliphatic rings. The quantitative estimate of drug-likeness (QED) is 0.395. The third-order valence-electron chi connectivity index (χ3n) is 6.22. The predicted octanol–water partition coefficient (Wildman–Crippen LogP) is 4.05. The fourth-order valence-corrected chi connectivity index (χ4v) is 4.62. The molecule has 6 aromatic rings. The second-order valence-electron chi connectivity index (χ2n) is 8.98. The van der Waals surface area contributed by atoms with E-state index in [2.05, 4.69) is 45.7 Å². The number of fused-ring (bicyclic) bond motifs is 2. The lowest BCUT2D eigenvalue weighted by Crippen LogP contribution is -2.07. The largest absolute Gasteiger partial charge is 0.302 e. The van der Waals surface area contributed by atoms with Crippen LogP contribution in [0, 0.1) is 0 Å². The van der Waals surface area contributed by atoms with Crippen LogP contribution >= 0.6 is 0 Å². The van der Waals surface area contributed by atoms with Gasteiger partial charge in [0, 0.05) is 61.1 Å². The van der Waals surface area contributed by atoms with E-state index in [1.807, 2.05) is 77.6 Å². The summed E-state index contributed by atoms with van der Waals surface area (Å²) in [6.07, 6.45) is 15.6. The molecule has 0 aliphatic heterocycles. The van der Waals surface area contributed by atoms with Gasteiger partial charge < -0.3 is 4.40 Å². The first-order valence-electron chi connectivity index (χ1n) is 11.3. The molecule has 0 unspecified atom stereocenters. The van der Waals surface area contributed by atoms with E-state index in [4.69, 9.17) is 10.1 Å². The average Bonchev–Trinajstić information content (AvgIpc) is 3.61. The summed E-state index contributed by atoms with van der Waals surface area (Å²) in [6.45, 7) is 5.00. The maximum Gasteiger partial charge on any atom is 0.136 e. The van der Waals surface area contributed by atoms with E-state index in [0.717, 1.165) is 44.6 Å². The van der Waals surface area contributed by atoms with Gasteiger partial charge in [0.25, 0.3) is 0 Å². The molecule has 0 radical (unpaired) electrons. The van der Waals surface area contributed by atoms with Crippen LogP contribution in [0.15, 0.2) is 61.7 Å². The summed E-state index contributed by atoms with van der Waals surface area (Å²) in [5, 5.41) is 13.4. The van der Waals surface area contributed by atoms with Crippen molar-refractivity contribution < 1.29 is 0 Å². The van der Waals surface area contributed by atoms with Crippen LogP contribution in [0.4, 0.5) is 0 Å². The van der Waals surface area contributed by atoms with E-state index in [1.165, 1.54) is 5.56 Å². The first-order chi connectivity index (χ1) is 16.5. The summed E-state index contributed by atoms with van der Waals surface area (Å²) in [5.74, 6) is 0.288. The number of rotatable bonds is 5. The summed E-state index contributed by atoms with van der Waals surface area (Å²) < 4.78 is 7.80. The standard InChI is InChI=1S/C25H25N9/c1-16(2)24-21(19-8-29-32(4)13-19)10-26-22-11-30-34(25(22)24)15-20-9-27-23-6-5-17(14-33(20)23)18-7-28-31(3)12-18/h5-14,16H,15H2,1-4H3. The zero-order valence-electron chi connectivity index (χ0n) is 19.6. The van der Waals surface area contributed by atoms with Gasteiger partial charge >= 0.3 is 0 Å². The predicted molar refractivity (Wildman–Crippen MR) is 130 cm³/mol. The van der Waals surface area contributed by atoms with Gasteiger partial charge in [-0.3, -0.25) is 19.0 Å². The molecule has 6 rings (SSSR count). The van der Waals surface area contributed by atoms with Crippen molar-refractivity contribution in [2.24, 2.45) is 14.1 Å². The number of hydrogen-bond donors (Lipinski definition) is 0. The van der Waals surface area contributed by atoms with Gasteiger partial charge in [0.05, 0.1) is 42.5 Å². The lowest BCUT2D eigenvalue weighted by molar-refractivity contribution is 0.685. The molecular formula is C25H25N9. The van der Waals surface area contributed by atoms with E-state index < -0.39 is 0 Å². The van der Waals surface area contributed by atoms with Crippen LogP contribution in [-0.2, 0) is 20.6 Å². The van der Waals surface area contributed by atoms with Gasteiger partial charge in [-0.25, -0.2) is 4.98 Å². The number of aryl methyl sites for hydroxylation is 2. The first-order valence-corrected chi connectivity index (χ1v) is 11.3. The summed E-state index contributed by atoms with van der Waals surface area (Å²) in [4.78, 5) is 9.35. The SMILES string of the molecule is CC(C)c1c(-c2cnn(C)c2)cnc2cnn(Cc3cnc4ccc(-c5cnn(C)c5)cn34)c12. The van der Waals surface area contributed by atoms with Crippen molar-refractivity contribution in [1.82, 2.24) is 43.7 Å². The molecule has 0 spiro atoms. The Bertz CT molecular complexity index is 1640. The summed E-state index contributed by atoms with van der Waals surface area (Å²) >= 11 is 0. The number of aromatic nitrogens is 9. The smallest absolute Gasteiger partial charge is 0.136 e. The van der Waals surface area contributed by atoms with Gasteiger partial charge in [-0.1, -0.05) is 13.8 Å². The maximum atomic E-state index is 4.73. The number of nitrogens with zero attached hydrogens (tertiary/aromatic N) is 9. The van der Waals surface area contributed by atoms with Crippen LogP contribution in [0.25, 0.3) is 38.9 Å². The highest BCUT2D eigenvalue weighted by Gasteiger charge is 2.19. The molecule has 170 valence electrons. The Balaban J connectivity index is 1.47. The van der Waals surface area contributed by atoms with E-state index in [-0.39, 0.29) is 5.92 Å². The van der Waals surface area contributed by atoms with Crippen molar-refractivity contribution in [2.45, 2.75) is 26.3 Å². The van der Waals surface area contributed by atoms with Crippen LogP contribution in [0.1, 0.15) is 31.0 Å². The molecule has 9 nitrogen and oxygen atoms in total. The average molecular weight is 452 g/mol. The van der Waals surface area contributed by atoms with Crippen LogP contribution in [-0.4, -0.2) is 43.7 Å². The summed E-state index contributed by atoms with van der Waals surface area (Å²) in [6, 6.07) is 4.11. The second kappa shape index (κ2) is 7.65. The van der Waals surface area contributed by atoms with Gasteiger partial charge in [0.15, 0.2) is 0 Å². The Labute approximate surface area is 196 Å². The monoisotopic (exact) mass is 451 g/mol. The normalized spacial score (nSPS) is 11.9. The molecule has 0 amide bonds. The molecule has 0 aliphatic carbocycles. The highest BCUT2D eigenvalue weighted by molar-refractivity contribution is 5.86. The highest BCUT2D eigenvalue weighted by atomic mass is 15.3. The van der Waals surface area contributed by atoms with E-state index in [0.29, 0.717) is 6.54 Å². The molecule has 0 fully saturated rings. The molecule has 0 saturated carbocycles. The zero-order chi connectivity index (χ0) is 23.4. The van der Waals surface area contributed by atoms with E-state index >= 15 is 0 Å². The first kappa shape index (κ1) is 20.3. The van der Waals surface area contributed by atoms with E-state index in [1.54, 1.807) is 0 Å². The molecule has 34 heavy (non-hydrogen) atoms. The second-order valence-corrected chi connectivity index (χ2v) is 8.98. The molecule has 6 heterocycles. The van der Waals surface area contributed by atoms with Crippen molar-refractivity contribution in [3.05, 3.63) is 73.0 Å². The van der Waals surface area contributed by atoms with E-state index in [9.17, 15) is 0 Å². The fraction of sp³-hybridized carbons (Fsp3) is 0.240. The summed E-state index contributed by atoms with van der Waals surface area (Å²) in [5.41, 5.74) is 9.43. The zero-order valence-corrected chi connectivity index (χ0v) is 19.6. The van der Waals surface area contributed by atoms with Gasteiger partial charge in [-0.15, -0.1) is 0 Å². The lowest BCUT2D eigenvalue weighted by Gasteiger charge is -2.15. The Morgan fingerprint density at radius 3 is 2.24 bits per heavy atom. The third kappa shape index (κ3) is 3.28. The van der Waals surface area contributed by atoms with Crippen LogP contribution in [0.5, 0.6) is 0 Å². The Kier molecular flexibility index (Phi) is 4.58. The van der Waals surface area contributed by atoms with Crippen molar-refractivity contribution in [1.29, 1.82) is 0 Å². The fourth-order valence-electron chi connectivity index (χ4n) is 4.62. The molecule has 0 saturated heterocycles. The highest BCUT2D eigenvalue weighted by Crippen LogP contribution is 2.34. The van der Waals surface area contributed by atoms with Crippen LogP contribution in [0.2, 0.25) is 0 Å². The molecule has 0 N–H and O–H groups in total. The maximum absolute atomic E-state index is 4.73. The topological polar surface area (TPSA) is 83.7 Å². The van der Waals surface area contributed by atoms with Crippen molar-refractivity contribution in [3.8, 4) is 22.3 Å². The van der Waals surface area contributed by atoms with Crippen molar-refractivity contribution in [3.63, 3.8) is 0 Å². The Morgan fingerprint density at radius 2 is 1.53 bits per heavy atom. The minimum Gasteiger partial charge on any atom is -0.302 e. The van der Waals surface area contributed by atoms with Gasteiger partial charge in [0.1, 0.15) is 11.2 Å². The number of hydrogen-bond acceptors (Lipinski definition) is 5. The molecule has 9 heteroatoms. The van der Waals surface area contributed by atoms with Crippen LogP contribution in [0.3, 0.4) is 0 Å². The lowest BCUT2D eigenvalue weighted by atomic mass is 9.94. The molecule has 0 bridgehead atoms. The Hall–Kier alpha value is -4.27. The number of imidazole rings is 1. The van der Waals surface area contributed by atoms with Gasteiger partial charge in [-0.05, 0) is 23.6 Å². The summed E-state index contributed by atoms with van der Waals surface area (Å²) in [7, 11) is 3.85.